The van der Waals surface area contributed by atoms with Gasteiger partial charge in [0, 0.05) is 25.3 Å². The maximum Gasteiger partial charge on any atom is 0.306 e. The smallest absolute Gasteiger partial charge is 0.306 e. The third kappa shape index (κ3) is 37.4. The minimum Gasteiger partial charge on any atom is -0.465 e. The van der Waals surface area contributed by atoms with Crippen LogP contribution in [0.15, 0.2) is 0 Å². The third-order valence-corrected chi connectivity index (χ3v) is 12.7. The van der Waals surface area contributed by atoms with Crippen LogP contribution < -0.4 is 0 Å². The Morgan fingerprint density at radius 3 is 1.02 bits per heavy atom. The van der Waals surface area contributed by atoms with Crippen molar-refractivity contribution in [3.63, 3.8) is 0 Å². The van der Waals surface area contributed by atoms with Gasteiger partial charge in [0.2, 0.25) is 0 Å². The molecule has 58 heavy (non-hydrogen) atoms. The van der Waals surface area contributed by atoms with Gasteiger partial charge in [0.1, 0.15) is 6.10 Å². The van der Waals surface area contributed by atoms with E-state index in [0.717, 1.165) is 90.0 Å². The lowest BCUT2D eigenvalue weighted by atomic mass is 10.0. The molecule has 0 unspecified atom stereocenters. The fourth-order valence-corrected chi connectivity index (χ4v) is 7.67. The molecule has 0 N–H and O–H groups in total. The second kappa shape index (κ2) is 42.1. The minimum absolute atomic E-state index is 0.00724. The zero-order valence-electron chi connectivity index (χ0n) is 39.9. The fourth-order valence-electron chi connectivity index (χ4n) is 7.67. The van der Waals surface area contributed by atoms with E-state index in [2.05, 4.69) is 53.5 Å². The molecule has 344 valence electrons. The predicted octanol–water partition coefficient (Wildman–Crippen LogP) is 14.9. The molecule has 0 heterocycles. The second-order valence-electron chi connectivity index (χ2n) is 18.1. The number of hydrogen-bond acceptors (Lipinski definition) is 7. The topological polar surface area (TPSA) is 82.1 Å². The van der Waals surface area contributed by atoms with E-state index in [0.29, 0.717) is 50.4 Å². The summed E-state index contributed by atoms with van der Waals surface area (Å²) >= 11 is 0. The van der Waals surface area contributed by atoms with E-state index in [9.17, 15) is 14.4 Å². The van der Waals surface area contributed by atoms with Crippen LogP contribution in [0.2, 0.25) is 0 Å². The quantitative estimate of drug-likeness (QED) is 0.0344. The lowest BCUT2D eigenvalue weighted by Gasteiger charge is -2.21. The fraction of sp³-hybridized carbons (Fsp3) is 0.941. The second-order valence-corrected chi connectivity index (χ2v) is 18.1. The van der Waals surface area contributed by atoms with Crippen LogP contribution in [-0.2, 0) is 28.6 Å². The molecule has 0 rings (SSSR count). The molecule has 0 amide bonds. The molecule has 0 aromatic rings. The summed E-state index contributed by atoms with van der Waals surface area (Å²) in [5.74, 6) is 0.979. The van der Waals surface area contributed by atoms with Crippen LogP contribution in [0, 0.1) is 11.8 Å². The van der Waals surface area contributed by atoms with Crippen molar-refractivity contribution in [3.8, 4) is 0 Å². The highest BCUT2D eigenvalue weighted by atomic mass is 16.5. The summed E-state index contributed by atoms with van der Waals surface area (Å²) in [4.78, 5) is 39.0. The van der Waals surface area contributed by atoms with Crippen LogP contribution in [0.25, 0.3) is 0 Å². The van der Waals surface area contributed by atoms with Crippen LogP contribution >= 0.6 is 0 Å². The minimum atomic E-state index is -0.0167. The molecule has 0 fully saturated rings. The molecule has 0 spiro atoms. The van der Waals surface area contributed by atoms with E-state index >= 15 is 0 Å². The Labute approximate surface area is 361 Å². The van der Waals surface area contributed by atoms with Crippen LogP contribution in [0.4, 0.5) is 0 Å². The summed E-state index contributed by atoms with van der Waals surface area (Å²) in [6.07, 6.45) is 38.7. The summed E-state index contributed by atoms with van der Waals surface area (Å²) in [5, 5.41) is 0. The summed E-state index contributed by atoms with van der Waals surface area (Å²) in [5.41, 5.74) is 0. The molecule has 0 atom stereocenters. The number of ether oxygens (including phenoxy) is 3. The normalized spacial score (nSPS) is 11.8. The number of nitrogens with zero attached hydrogens (tertiary/aromatic N) is 1. The Kier molecular flexibility index (Phi) is 40.9. The van der Waals surface area contributed by atoms with Gasteiger partial charge in [-0.25, -0.2) is 0 Å². The Bertz CT molecular complexity index is 861. The number of carbonyl (C=O) groups is 3. The van der Waals surface area contributed by atoms with Crippen molar-refractivity contribution in [2.24, 2.45) is 11.8 Å². The molecule has 0 aliphatic carbocycles. The number of esters is 3. The molecule has 0 saturated carbocycles. The average Bonchev–Trinajstić information content (AvgIpc) is 3.21. The zero-order chi connectivity index (χ0) is 42.9. The van der Waals surface area contributed by atoms with Crippen LogP contribution in [-0.4, -0.2) is 61.8 Å². The maximum atomic E-state index is 12.8. The molecule has 7 nitrogen and oxygen atoms in total. The van der Waals surface area contributed by atoms with Gasteiger partial charge in [-0.05, 0) is 84.2 Å². The van der Waals surface area contributed by atoms with Gasteiger partial charge in [-0.1, -0.05) is 182 Å². The van der Waals surface area contributed by atoms with Gasteiger partial charge in [0.15, 0.2) is 0 Å². The van der Waals surface area contributed by atoms with E-state index in [1.165, 1.54) is 116 Å². The summed E-state index contributed by atoms with van der Waals surface area (Å²) in [7, 11) is 2.13. The standard InChI is InChI=1S/C51H99NO6/c1-8-46(9-2)43-56-49(53)39-34-30-26-22-18-14-12-16-20-24-28-32-37-48(58-51(55)41-36-42-52(7)45(5)6)38-33-29-25-21-17-13-15-19-23-27-31-35-40-50(54)57-44-47(10-3)11-4/h45-48H,8-44H2,1-7H3. The first-order valence-electron chi connectivity index (χ1n) is 25.4. The molecular formula is C51H99NO6. The van der Waals surface area contributed by atoms with Crippen LogP contribution in [0.5, 0.6) is 0 Å². The van der Waals surface area contributed by atoms with Gasteiger partial charge >= 0.3 is 17.9 Å². The molecule has 7 heteroatoms. The zero-order valence-corrected chi connectivity index (χ0v) is 39.9. The van der Waals surface area contributed by atoms with E-state index in [1.807, 2.05) is 0 Å². The molecular weight excluding hydrogens is 723 g/mol. The third-order valence-electron chi connectivity index (χ3n) is 12.7. The van der Waals surface area contributed by atoms with Crippen LogP contribution in [0.3, 0.4) is 0 Å². The summed E-state index contributed by atoms with van der Waals surface area (Å²) in [6.45, 7) is 15.1. The monoisotopic (exact) mass is 822 g/mol. The molecule has 0 saturated heterocycles. The Balaban J connectivity index is 4.03. The molecule has 0 aliphatic rings. The molecule has 0 aliphatic heterocycles. The lowest BCUT2D eigenvalue weighted by Crippen LogP contribution is -2.28. The van der Waals surface area contributed by atoms with Crippen molar-refractivity contribution in [1.82, 2.24) is 4.90 Å². The van der Waals surface area contributed by atoms with Gasteiger partial charge in [0.25, 0.3) is 0 Å². The first kappa shape index (κ1) is 56.4. The lowest BCUT2D eigenvalue weighted by molar-refractivity contribution is -0.150. The van der Waals surface area contributed by atoms with Gasteiger partial charge in [0.05, 0.1) is 13.2 Å². The number of carbonyl (C=O) groups excluding carboxylic acids is 3. The highest BCUT2D eigenvalue weighted by molar-refractivity contribution is 5.70. The van der Waals surface area contributed by atoms with Gasteiger partial charge < -0.3 is 19.1 Å². The van der Waals surface area contributed by atoms with E-state index in [4.69, 9.17) is 14.2 Å². The molecule has 0 radical (unpaired) electrons. The van der Waals surface area contributed by atoms with E-state index in [1.54, 1.807) is 0 Å². The maximum absolute atomic E-state index is 12.8. The Morgan fingerprint density at radius 1 is 0.414 bits per heavy atom. The van der Waals surface area contributed by atoms with Crippen LogP contribution in [0.1, 0.15) is 260 Å². The molecule has 0 aromatic heterocycles. The van der Waals surface area contributed by atoms with Gasteiger partial charge in [-0.2, -0.15) is 0 Å². The van der Waals surface area contributed by atoms with Gasteiger partial charge in [-0.15, -0.1) is 0 Å². The molecule has 0 aromatic carbocycles. The summed E-state index contributed by atoms with van der Waals surface area (Å²) in [6, 6.07) is 0.497. The van der Waals surface area contributed by atoms with Crippen molar-refractivity contribution in [3.05, 3.63) is 0 Å². The van der Waals surface area contributed by atoms with Crippen molar-refractivity contribution >= 4 is 17.9 Å². The largest absolute Gasteiger partial charge is 0.465 e. The predicted molar refractivity (Wildman–Crippen MR) is 246 cm³/mol. The number of unbranched alkanes of at least 4 members (excludes halogenated alkanes) is 22. The highest BCUT2D eigenvalue weighted by Gasteiger charge is 2.15. The highest BCUT2D eigenvalue weighted by Crippen LogP contribution is 2.20. The number of hydrogen-bond donors (Lipinski definition) is 0. The van der Waals surface area contributed by atoms with Crippen molar-refractivity contribution in [2.75, 3.05) is 26.8 Å². The number of rotatable bonds is 44. The van der Waals surface area contributed by atoms with Crippen molar-refractivity contribution in [2.45, 2.75) is 272 Å². The van der Waals surface area contributed by atoms with Crippen molar-refractivity contribution in [1.29, 1.82) is 0 Å². The van der Waals surface area contributed by atoms with Gasteiger partial charge in [-0.3, -0.25) is 14.4 Å². The Hall–Kier alpha value is -1.63. The molecule has 0 bridgehead atoms. The SMILES string of the molecule is CCC(CC)COC(=O)CCCCCCCCCCCCCCC(CCCCCCCCCCCCCCC(=O)OCC(CC)CC)OC(=O)CCCN(C)C(C)C. The Morgan fingerprint density at radius 2 is 0.707 bits per heavy atom. The van der Waals surface area contributed by atoms with E-state index in [-0.39, 0.29) is 24.0 Å². The summed E-state index contributed by atoms with van der Waals surface area (Å²) < 4.78 is 17.0. The average molecular weight is 822 g/mol. The van der Waals surface area contributed by atoms with Crippen molar-refractivity contribution < 1.29 is 28.6 Å². The first-order chi connectivity index (χ1) is 28.2. The first-order valence-corrected chi connectivity index (χ1v) is 25.4. The van der Waals surface area contributed by atoms with E-state index < -0.39 is 0 Å².